The fourth-order valence-electron chi connectivity index (χ4n) is 3.31. The second-order valence-electron chi connectivity index (χ2n) is 6.65. The molecule has 3 heteroatoms. The first-order chi connectivity index (χ1) is 11.1. The molecule has 1 aromatic rings. The van der Waals surface area contributed by atoms with Crippen LogP contribution in [-0.2, 0) is 20.7 Å². The molecule has 2 unspecified atom stereocenters. The number of ether oxygens (including phenoxy) is 1. The summed E-state index contributed by atoms with van der Waals surface area (Å²) < 4.78 is 5.33. The average molecular weight is 316 g/mol. The van der Waals surface area contributed by atoms with Gasteiger partial charge in [-0.15, -0.1) is 0 Å². The Morgan fingerprint density at radius 1 is 1.17 bits per heavy atom. The van der Waals surface area contributed by atoms with Crippen LogP contribution in [0.25, 0.3) is 0 Å². The summed E-state index contributed by atoms with van der Waals surface area (Å²) in [5.41, 5.74) is 2.32. The molecule has 0 saturated carbocycles. The lowest BCUT2D eigenvalue weighted by atomic mass is 9.94. The molecule has 2 atom stereocenters. The number of unbranched alkanes of at least 4 members (excludes halogenated alkanes) is 3. The molecular weight excluding hydrogens is 288 g/mol. The zero-order valence-electron chi connectivity index (χ0n) is 14.3. The van der Waals surface area contributed by atoms with Gasteiger partial charge < -0.3 is 4.74 Å². The highest BCUT2D eigenvalue weighted by molar-refractivity contribution is 5.87. The molecule has 0 saturated heterocycles. The van der Waals surface area contributed by atoms with Crippen molar-refractivity contribution >= 4 is 11.8 Å². The van der Waals surface area contributed by atoms with Crippen molar-refractivity contribution in [1.29, 1.82) is 0 Å². The molecule has 0 fully saturated rings. The van der Waals surface area contributed by atoms with Gasteiger partial charge in [0, 0.05) is 18.8 Å². The fourth-order valence-corrected chi connectivity index (χ4v) is 3.31. The van der Waals surface area contributed by atoms with Gasteiger partial charge in [-0.2, -0.15) is 0 Å². The van der Waals surface area contributed by atoms with E-state index in [-0.39, 0.29) is 23.6 Å². The molecule has 0 aromatic heterocycles. The normalized spacial score (nSPS) is 20.7. The summed E-state index contributed by atoms with van der Waals surface area (Å²) in [6, 6.07) is 8.10. The molecule has 2 rings (SSSR count). The molecular formula is C20H28O3. The predicted octanol–water partition coefficient (Wildman–Crippen LogP) is 4.44. The highest BCUT2D eigenvalue weighted by atomic mass is 16.5. The number of hydrogen-bond donors (Lipinski definition) is 0. The predicted molar refractivity (Wildman–Crippen MR) is 91.4 cm³/mol. The van der Waals surface area contributed by atoms with Gasteiger partial charge in [0.05, 0.1) is 6.61 Å². The van der Waals surface area contributed by atoms with Gasteiger partial charge in [-0.25, -0.2) is 0 Å². The van der Waals surface area contributed by atoms with Crippen LogP contribution in [0.4, 0.5) is 0 Å². The molecule has 1 aliphatic rings. The zero-order valence-corrected chi connectivity index (χ0v) is 14.3. The highest BCUT2D eigenvalue weighted by Crippen LogP contribution is 2.31. The maximum Gasteiger partial charge on any atom is 0.306 e. The molecule has 23 heavy (non-hydrogen) atoms. The van der Waals surface area contributed by atoms with Gasteiger partial charge in [0.25, 0.3) is 0 Å². The molecule has 126 valence electrons. The number of hydrogen-bond acceptors (Lipinski definition) is 3. The standard InChI is InChI=1S/C20H28O3/c1-3-4-5-8-11-23-20(22)14-16-12-17-9-6-7-10-18(17)15(2)19(21)13-16/h6-7,9-10,15-16H,3-5,8,11-14H2,1-2H3. The molecule has 0 bridgehead atoms. The number of rotatable bonds is 7. The van der Waals surface area contributed by atoms with Crippen molar-refractivity contribution in [1.82, 2.24) is 0 Å². The van der Waals surface area contributed by atoms with Gasteiger partial charge >= 0.3 is 5.97 Å². The second kappa shape index (κ2) is 8.85. The molecule has 0 aliphatic heterocycles. The van der Waals surface area contributed by atoms with Crippen molar-refractivity contribution in [3.63, 3.8) is 0 Å². The van der Waals surface area contributed by atoms with E-state index in [1.807, 2.05) is 25.1 Å². The van der Waals surface area contributed by atoms with Crippen LogP contribution in [0, 0.1) is 5.92 Å². The summed E-state index contributed by atoms with van der Waals surface area (Å²) in [4.78, 5) is 24.4. The Labute approximate surface area is 139 Å². The first kappa shape index (κ1) is 17.7. The van der Waals surface area contributed by atoms with Gasteiger partial charge in [0.2, 0.25) is 0 Å². The molecule has 0 N–H and O–H groups in total. The lowest BCUT2D eigenvalue weighted by Gasteiger charge is -2.13. The lowest BCUT2D eigenvalue weighted by Crippen LogP contribution is -2.17. The molecule has 0 amide bonds. The Bertz CT molecular complexity index is 535. The van der Waals surface area contributed by atoms with E-state index in [9.17, 15) is 9.59 Å². The number of carbonyl (C=O) groups excluding carboxylic acids is 2. The number of Topliss-reactive ketones (excluding diaryl/α,β-unsaturated/α-hetero) is 1. The van der Waals surface area contributed by atoms with Crippen LogP contribution in [0.5, 0.6) is 0 Å². The quantitative estimate of drug-likeness (QED) is 0.424. The van der Waals surface area contributed by atoms with Crippen LogP contribution >= 0.6 is 0 Å². The smallest absolute Gasteiger partial charge is 0.306 e. The Morgan fingerprint density at radius 2 is 1.96 bits per heavy atom. The van der Waals surface area contributed by atoms with E-state index in [0.29, 0.717) is 19.4 Å². The maximum atomic E-state index is 12.3. The van der Waals surface area contributed by atoms with Gasteiger partial charge in [-0.3, -0.25) is 9.59 Å². The van der Waals surface area contributed by atoms with E-state index in [1.54, 1.807) is 0 Å². The minimum absolute atomic E-state index is 0.0664. The van der Waals surface area contributed by atoms with Crippen LogP contribution in [-0.4, -0.2) is 18.4 Å². The van der Waals surface area contributed by atoms with Crippen molar-refractivity contribution in [2.24, 2.45) is 5.92 Å². The molecule has 1 aromatic carbocycles. The second-order valence-corrected chi connectivity index (χ2v) is 6.65. The van der Waals surface area contributed by atoms with Crippen molar-refractivity contribution in [3.05, 3.63) is 35.4 Å². The minimum atomic E-state index is -0.161. The number of fused-ring (bicyclic) bond motifs is 1. The van der Waals surface area contributed by atoms with E-state index in [1.165, 1.54) is 18.4 Å². The first-order valence-electron chi connectivity index (χ1n) is 8.88. The summed E-state index contributed by atoms with van der Waals surface area (Å²) in [5.74, 6) is 0.0695. The van der Waals surface area contributed by atoms with Crippen LogP contribution in [0.15, 0.2) is 24.3 Å². The Morgan fingerprint density at radius 3 is 2.74 bits per heavy atom. The van der Waals surface area contributed by atoms with E-state index in [0.717, 1.165) is 24.8 Å². The lowest BCUT2D eigenvalue weighted by molar-refractivity contribution is -0.145. The number of carbonyl (C=O) groups is 2. The third-order valence-electron chi connectivity index (χ3n) is 4.72. The Balaban J connectivity index is 1.88. The summed E-state index contributed by atoms with van der Waals surface area (Å²) in [5, 5.41) is 0. The van der Waals surface area contributed by atoms with Crippen molar-refractivity contribution < 1.29 is 14.3 Å². The number of ketones is 1. The summed E-state index contributed by atoms with van der Waals surface area (Å²) in [6.45, 7) is 4.63. The largest absolute Gasteiger partial charge is 0.466 e. The molecule has 0 radical (unpaired) electrons. The summed E-state index contributed by atoms with van der Waals surface area (Å²) in [6.07, 6.45) is 6.01. The van der Waals surface area contributed by atoms with Crippen LogP contribution < -0.4 is 0 Å². The summed E-state index contributed by atoms with van der Waals surface area (Å²) in [7, 11) is 0. The van der Waals surface area contributed by atoms with Crippen molar-refractivity contribution in [2.75, 3.05) is 6.61 Å². The highest BCUT2D eigenvalue weighted by Gasteiger charge is 2.28. The molecule has 1 aliphatic carbocycles. The molecule has 3 nitrogen and oxygen atoms in total. The third-order valence-corrected chi connectivity index (χ3v) is 4.72. The van der Waals surface area contributed by atoms with Gasteiger partial charge in [-0.1, -0.05) is 57.4 Å². The number of benzene rings is 1. The Kier molecular flexibility index (Phi) is 6.82. The first-order valence-corrected chi connectivity index (χ1v) is 8.88. The van der Waals surface area contributed by atoms with Crippen molar-refractivity contribution in [2.45, 2.75) is 64.7 Å². The minimum Gasteiger partial charge on any atom is -0.466 e. The maximum absolute atomic E-state index is 12.3. The third kappa shape index (κ3) is 5.19. The van der Waals surface area contributed by atoms with E-state index >= 15 is 0 Å². The SMILES string of the molecule is CCCCCCOC(=O)CC1CC(=O)C(C)c2ccccc2C1. The zero-order chi connectivity index (χ0) is 16.7. The topological polar surface area (TPSA) is 43.4 Å². The number of esters is 1. The van der Waals surface area contributed by atoms with E-state index < -0.39 is 0 Å². The monoisotopic (exact) mass is 316 g/mol. The van der Waals surface area contributed by atoms with E-state index in [2.05, 4.69) is 13.0 Å². The average Bonchev–Trinajstić information content (AvgIpc) is 2.65. The van der Waals surface area contributed by atoms with Gasteiger partial charge in [0.15, 0.2) is 0 Å². The van der Waals surface area contributed by atoms with E-state index in [4.69, 9.17) is 4.74 Å². The van der Waals surface area contributed by atoms with Crippen LogP contribution in [0.3, 0.4) is 0 Å². The summed E-state index contributed by atoms with van der Waals surface area (Å²) >= 11 is 0. The van der Waals surface area contributed by atoms with Gasteiger partial charge in [0.1, 0.15) is 5.78 Å². The van der Waals surface area contributed by atoms with Crippen LogP contribution in [0.2, 0.25) is 0 Å². The Hall–Kier alpha value is -1.64. The van der Waals surface area contributed by atoms with Gasteiger partial charge in [-0.05, 0) is 29.9 Å². The van der Waals surface area contributed by atoms with Crippen LogP contribution in [0.1, 0.15) is 69.4 Å². The van der Waals surface area contributed by atoms with Crippen molar-refractivity contribution in [3.8, 4) is 0 Å². The molecule has 0 spiro atoms. The fraction of sp³-hybridized carbons (Fsp3) is 0.600. The molecule has 0 heterocycles.